The van der Waals surface area contributed by atoms with Crippen LogP contribution in [0.3, 0.4) is 0 Å². The van der Waals surface area contributed by atoms with Crippen molar-refractivity contribution in [3.05, 3.63) is 119 Å². The topological polar surface area (TPSA) is 122 Å². The van der Waals surface area contributed by atoms with Crippen LogP contribution < -0.4 is 10.2 Å². The van der Waals surface area contributed by atoms with Crippen LogP contribution in [0.1, 0.15) is 58.1 Å². The monoisotopic (exact) mass is 695 g/mol. The fraction of sp³-hybridized carbons (Fsp3) is 0.314. The second-order valence-electron chi connectivity index (χ2n) is 11.9. The first-order valence-corrected chi connectivity index (χ1v) is 17.0. The van der Waals surface area contributed by atoms with Crippen molar-refractivity contribution in [3.63, 3.8) is 0 Å². The van der Waals surface area contributed by atoms with Crippen molar-refractivity contribution < 1.29 is 35.9 Å². The van der Waals surface area contributed by atoms with Crippen molar-refractivity contribution >= 4 is 27.8 Å². The predicted molar refractivity (Wildman–Crippen MR) is 176 cm³/mol. The molecule has 0 bridgehead atoms. The van der Waals surface area contributed by atoms with Gasteiger partial charge in [-0.1, -0.05) is 68.4 Å². The summed E-state index contributed by atoms with van der Waals surface area (Å²) in [5.41, 5.74) is 2.23. The maximum atomic E-state index is 13.8. The molecule has 14 heteroatoms. The molecule has 1 aromatic heterocycles. The zero-order chi connectivity index (χ0) is 35.3. The zero-order valence-corrected chi connectivity index (χ0v) is 28.0. The molecule has 0 aliphatic carbocycles. The van der Waals surface area contributed by atoms with Crippen molar-refractivity contribution in [2.24, 2.45) is 0 Å². The molecule has 258 valence electrons. The number of carbonyl (C=O) groups excluding carboxylic acids is 2. The Bertz CT molecular complexity index is 1890. The van der Waals surface area contributed by atoms with Gasteiger partial charge in [0.1, 0.15) is 12.6 Å². The normalized spacial score (nSPS) is 15.7. The number of carbonyl (C=O) groups is 2. The number of hydrogen-bond donors (Lipinski definition) is 1. The number of anilines is 1. The molecule has 4 aromatic rings. The van der Waals surface area contributed by atoms with Gasteiger partial charge < -0.3 is 15.0 Å². The summed E-state index contributed by atoms with van der Waals surface area (Å²) in [6, 6.07) is 18.7. The fourth-order valence-corrected chi connectivity index (χ4v) is 6.91. The van der Waals surface area contributed by atoms with Gasteiger partial charge in [-0.25, -0.2) is 23.2 Å². The lowest BCUT2D eigenvalue weighted by Crippen LogP contribution is -2.60. The Morgan fingerprint density at radius 2 is 1.63 bits per heavy atom. The van der Waals surface area contributed by atoms with Crippen LogP contribution in [0.15, 0.2) is 90.0 Å². The molecule has 0 spiro atoms. The molecular weight excluding hydrogens is 659 g/mol. The van der Waals surface area contributed by atoms with E-state index in [2.05, 4.69) is 29.1 Å². The number of benzene rings is 3. The lowest BCUT2D eigenvalue weighted by atomic mass is 10.0. The number of ether oxygens (including phenoxy) is 1. The van der Waals surface area contributed by atoms with Crippen LogP contribution in [0.2, 0.25) is 0 Å². The van der Waals surface area contributed by atoms with Gasteiger partial charge in [0.25, 0.3) is 0 Å². The Hall–Kier alpha value is -4.82. The van der Waals surface area contributed by atoms with Gasteiger partial charge in [0.2, 0.25) is 21.9 Å². The summed E-state index contributed by atoms with van der Waals surface area (Å²) in [5.74, 6) is -0.726. The van der Waals surface area contributed by atoms with E-state index in [4.69, 9.17) is 4.74 Å². The zero-order valence-electron chi connectivity index (χ0n) is 27.1. The summed E-state index contributed by atoms with van der Waals surface area (Å²) in [6.07, 6.45) is -3.32. The molecule has 1 N–H and O–H groups in total. The van der Waals surface area contributed by atoms with Crippen LogP contribution in [0.4, 0.5) is 19.1 Å². The summed E-state index contributed by atoms with van der Waals surface area (Å²) in [4.78, 5) is 36.5. The first-order valence-electron chi connectivity index (χ1n) is 15.6. The standard InChI is InChI=1S/C35H36F3N5O5S/c1-23(2)27-11-9-25(10-12-27)19-39-32(44)31-21-42(17-18-43(31)49(46,47)29-15-13-28(14-16-29)35(36,37)38)34-40-20-30(24(3)41-34)33(45)48-22-26-7-5-4-6-8-26/h4-16,20,23,31H,17-19,21-22H2,1-3H3,(H,39,44). The minimum Gasteiger partial charge on any atom is -0.457 e. The van der Waals surface area contributed by atoms with E-state index < -0.39 is 39.7 Å². The van der Waals surface area contributed by atoms with E-state index in [1.165, 1.54) is 6.20 Å². The number of halogens is 3. The molecule has 1 amide bonds. The molecule has 3 aromatic carbocycles. The minimum absolute atomic E-state index is 0.0644. The van der Waals surface area contributed by atoms with Gasteiger partial charge in [-0.15, -0.1) is 0 Å². The van der Waals surface area contributed by atoms with Crippen molar-refractivity contribution in [2.45, 2.75) is 57.0 Å². The molecule has 0 radical (unpaired) electrons. The molecule has 1 aliphatic rings. The Balaban J connectivity index is 1.36. The number of nitrogens with zero attached hydrogens (tertiary/aromatic N) is 4. The summed E-state index contributed by atoms with van der Waals surface area (Å²) in [5, 5.41) is 2.81. The van der Waals surface area contributed by atoms with E-state index in [1.54, 1.807) is 11.8 Å². The van der Waals surface area contributed by atoms with Crippen molar-refractivity contribution in [2.75, 3.05) is 24.5 Å². The van der Waals surface area contributed by atoms with E-state index in [-0.39, 0.29) is 49.2 Å². The minimum atomic E-state index is -4.64. The Morgan fingerprint density at radius 1 is 0.959 bits per heavy atom. The summed E-state index contributed by atoms with van der Waals surface area (Å²) >= 11 is 0. The number of alkyl halides is 3. The van der Waals surface area contributed by atoms with Crippen LogP contribution in [0.5, 0.6) is 0 Å². The number of hydrogen-bond acceptors (Lipinski definition) is 8. The first-order chi connectivity index (χ1) is 23.2. The summed E-state index contributed by atoms with van der Waals surface area (Å²) < 4.78 is 73.5. The molecule has 10 nitrogen and oxygen atoms in total. The second-order valence-corrected chi connectivity index (χ2v) is 13.8. The lowest BCUT2D eigenvalue weighted by Gasteiger charge is -2.39. The lowest BCUT2D eigenvalue weighted by molar-refractivity contribution is -0.137. The summed E-state index contributed by atoms with van der Waals surface area (Å²) in [7, 11) is -4.40. The number of esters is 1. The average molecular weight is 696 g/mol. The van der Waals surface area contributed by atoms with Crippen LogP contribution >= 0.6 is 0 Å². The van der Waals surface area contributed by atoms with Gasteiger partial charge in [-0.3, -0.25) is 4.79 Å². The molecular formula is C35H36F3N5O5S. The molecule has 1 fully saturated rings. The molecule has 49 heavy (non-hydrogen) atoms. The molecule has 1 aliphatic heterocycles. The van der Waals surface area contributed by atoms with Gasteiger partial charge in [0.05, 0.1) is 21.7 Å². The van der Waals surface area contributed by atoms with Crippen LogP contribution in [0, 0.1) is 6.92 Å². The highest BCUT2D eigenvalue weighted by atomic mass is 32.2. The van der Waals surface area contributed by atoms with E-state index in [0.29, 0.717) is 23.7 Å². The largest absolute Gasteiger partial charge is 0.457 e. The second kappa shape index (κ2) is 14.7. The third kappa shape index (κ3) is 8.43. The molecule has 2 heterocycles. The number of rotatable bonds is 10. The van der Waals surface area contributed by atoms with Crippen LogP contribution in [-0.4, -0.2) is 60.2 Å². The van der Waals surface area contributed by atoms with Crippen LogP contribution in [0.25, 0.3) is 0 Å². The van der Waals surface area contributed by atoms with Gasteiger partial charge in [-0.2, -0.15) is 17.5 Å². The number of nitrogens with one attached hydrogen (secondary N) is 1. The van der Waals surface area contributed by atoms with Crippen molar-refractivity contribution in [1.82, 2.24) is 19.6 Å². The highest BCUT2D eigenvalue weighted by molar-refractivity contribution is 7.89. The van der Waals surface area contributed by atoms with E-state index in [0.717, 1.165) is 33.1 Å². The van der Waals surface area contributed by atoms with Gasteiger partial charge >= 0.3 is 12.1 Å². The number of amides is 1. The van der Waals surface area contributed by atoms with E-state index in [9.17, 15) is 31.2 Å². The van der Waals surface area contributed by atoms with Gasteiger partial charge in [0.15, 0.2) is 0 Å². The summed E-state index contributed by atoms with van der Waals surface area (Å²) in [6.45, 7) is 5.65. The molecule has 5 rings (SSSR count). The molecule has 1 saturated heterocycles. The predicted octanol–water partition coefficient (Wildman–Crippen LogP) is 5.48. The van der Waals surface area contributed by atoms with Crippen LogP contribution in [-0.2, 0) is 38.9 Å². The number of sulfonamides is 1. The molecule has 0 saturated carbocycles. The molecule has 1 unspecified atom stereocenters. The van der Waals surface area contributed by atoms with E-state index >= 15 is 0 Å². The van der Waals surface area contributed by atoms with E-state index in [1.807, 2.05) is 54.6 Å². The van der Waals surface area contributed by atoms with Crippen molar-refractivity contribution in [1.29, 1.82) is 0 Å². The number of aryl methyl sites for hydroxylation is 1. The maximum Gasteiger partial charge on any atom is 0.416 e. The Morgan fingerprint density at radius 3 is 2.24 bits per heavy atom. The number of piperazine rings is 1. The molecule has 1 atom stereocenters. The highest BCUT2D eigenvalue weighted by Gasteiger charge is 2.41. The first kappa shape index (κ1) is 35.5. The SMILES string of the molecule is Cc1nc(N2CCN(S(=O)(=O)c3ccc(C(F)(F)F)cc3)C(C(=O)NCc3ccc(C(C)C)cc3)C2)ncc1C(=O)OCc1ccccc1. The third-order valence-corrected chi connectivity index (χ3v) is 10.1. The maximum absolute atomic E-state index is 13.8. The third-order valence-electron chi connectivity index (χ3n) is 8.22. The Labute approximate surface area is 283 Å². The fourth-order valence-electron chi connectivity index (χ4n) is 5.34. The smallest absolute Gasteiger partial charge is 0.416 e. The van der Waals surface area contributed by atoms with Gasteiger partial charge in [0, 0.05) is 32.4 Å². The number of aromatic nitrogens is 2. The highest BCUT2D eigenvalue weighted by Crippen LogP contribution is 2.31. The average Bonchev–Trinajstić information content (AvgIpc) is 3.09. The van der Waals surface area contributed by atoms with Gasteiger partial charge in [-0.05, 0) is 53.8 Å². The van der Waals surface area contributed by atoms with Crippen molar-refractivity contribution in [3.8, 4) is 0 Å². The Kier molecular flexibility index (Phi) is 10.7. The quantitative estimate of drug-likeness (QED) is 0.217.